The molecular formula is C48H56O12. The van der Waals surface area contributed by atoms with Crippen LogP contribution in [0.25, 0.3) is 43.1 Å². The van der Waals surface area contributed by atoms with E-state index in [1.54, 1.807) is 0 Å². The van der Waals surface area contributed by atoms with Gasteiger partial charge in [0.15, 0.2) is 0 Å². The normalized spacial score (nSPS) is 18.0. The Kier molecular flexibility index (Phi) is 17.7. The summed E-state index contributed by atoms with van der Waals surface area (Å²) >= 11 is 0. The molecule has 2 heterocycles. The standard InChI is InChI=1S/C48H56O12/c1-2-10-38-37(9-1)45-39-11-3-4-12-40(39)46(38)58-34-30-54-26-22-50-19-20-52-24-28-56-32-36-60-48-43-15-7-5-13-41(43)47(42-14-6-8-16-44(42)48)59-35-31-55-27-23-51-18-17-49-21-25-53-29-33-57-45/h1-16H,17-36H2. The molecule has 0 spiro atoms. The minimum Gasteiger partial charge on any atom is -0.490 e. The highest BCUT2D eigenvalue weighted by molar-refractivity contribution is 6.12. The molecule has 6 aromatic rings. The number of benzene rings is 6. The summed E-state index contributed by atoms with van der Waals surface area (Å²) in [6, 6.07) is 32.5. The van der Waals surface area contributed by atoms with E-state index in [0.29, 0.717) is 132 Å². The summed E-state index contributed by atoms with van der Waals surface area (Å²) in [6.45, 7) is 8.86. The first-order chi connectivity index (χ1) is 29.9. The van der Waals surface area contributed by atoms with E-state index in [0.717, 1.165) is 66.1 Å². The number of hydrogen-bond acceptors (Lipinski definition) is 12. The van der Waals surface area contributed by atoms with E-state index < -0.39 is 0 Å². The Labute approximate surface area is 351 Å². The predicted molar refractivity (Wildman–Crippen MR) is 231 cm³/mol. The highest BCUT2D eigenvalue weighted by Gasteiger charge is 2.17. The largest absolute Gasteiger partial charge is 0.490 e. The summed E-state index contributed by atoms with van der Waals surface area (Å²) in [7, 11) is 0. The van der Waals surface area contributed by atoms with E-state index in [-0.39, 0.29) is 0 Å². The van der Waals surface area contributed by atoms with Crippen LogP contribution in [0.3, 0.4) is 0 Å². The van der Waals surface area contributed by atoms with Crippen molar-refractivity contribution in [2.75, 3.05) is 132 Å². The molecule has 320 valence electrons. The van der Waals surface area contributed by atoms with Crippen LogP contribution in [0.1, 0.15) is 0 Å². The van der Waals surface area contributed by atoms with Gasteiger partial charge in [-0.15, -0.1) is 0 Å². The molecular weight excluding hydrogens is 769 g/mol. The van der Waals surface area contributed by atoms with Crippen molar-refractivity contribution < 1.29 is 56.8 Å². The highest BCUT2D eigenvalue weighted by atomic mass is 16.6. The number of hydrogen-bond donors (Lipinski definition) is 0. The van der Waals surface area contributed by atoms with Gasteiger partial charge in [0.1, 0.15) is 49.4 Å². The quantitative estimate of drug-likeness (QED) is 0.111. The molecule has 0 N–H and O–H groups in total. The van der Waals surface area contributed by atoms with Crippen molar-refractivity contribution in [3.05, 3.63) is 97.1 Å². The van der Waals surface area contributed by atoms with Gasteiger partial charge in [-0.05, 0) is 0 Å². The molecule has 8 rings (SSSR count). The van der Waals surface area contributed by atoms with E-state index >= 15 is 0 Å². The van der Waals surface area contributed by atoms with Gasteiger partial charge in [0.05, 0.1) is 106 Å². The maximum atomic E-state index is 6.36. The Balaban J connectivity index is 0.905. The van der Waals surface area contributed by atoms with Crippen LogP contribution in [0, 0.1) is 0 Å². The topological polar surface area (TPSA) is 111 Å². The van der Waals surface area contributed by atoms with Crippen LogP contribution in [0.4, 0.5) is 0 Å². The van der Waals surface area contributed by atoms with Gasteiger partial charge in [-0.3, -0.25) is 0 Å². The summed E-state index contributed by atoms with van der Waals surface area (Å²) in [6.07, 6.45) is 0. The number of rotatable bonds is 0. The Morgan fingerprint density at radius 3 is 0.467 bits per heavy atom. The lowest BCUT2D eigenvalue weighted by molar-refractivity contribution is -0.00694. The molecule has 2 aliphatic heterocycles. The zero-order valence-electron chi connectivity index (χ0n) is 34.3. The molecule has 12 nitrogen and oxygen atoms in total. The fourth-order valence-corrected chi connectivity index (χ4v) is 7.05. The van der Waals surface area contributed by atoms with Crippen molar-refractivity contribution in [3.63, 3.8) is 0 Å². The van der Waals surface area contributed by atoms with E-state index in [1.165, 1.54) is 0 Å². The summed E-state index contributed by atoms with van der Waals surface area (Å²) < 4.78 is 71.5. The van der Waals surface area contributed by atoms with Gasteiger partial charge < -0.3 is 56.8 Å². The molecule has 0 saturated heterocycles. The maximum absolute atomic E-state index is 6.36. The third-order valence-corrected chi connectivity index (χ3v) is 9.79. The molecule has 0 amide bonds. The summed E-state index contributed by atoms with van der Waals surface area (Å²) in [4.78, 5) is 0. The van der Waals surface area contributed by atoms with Gasteiger partial charge in [0.2, 0.25) is 0 Å². The minimum atomic E-state index is 0.396. The van der Waals surface area contributed by atoms with Crippen molar-refractivity contribution in [1.82, 2.24) is 0 Å². The molecule has 12 heteroatoms. The molecule has 0 atom stereocenters. The number of ether oxygens (including phenoxy) is 12. The van der Waals surface area contributed by atoms with Gasteiger partial charge in [-0.25, -0.2) is 0 Å². The average molecular weight is 825 g/mol. The molecule has 0 saturated carbocycles. The molecule has 2 aliphatic rings. The first kappa shape index (κ1) is 43.3. The molecule has 60 heavy (non-hydrogen) atoms. The Bertz CT molecular complexity index is 1770. The number of fused-ring (bicyclic) bond motifs is 31. The van der Waals surface area contributed by atoms with Gasteiger partial charge in [-0.1, -0.05) is 97.1 Å². The summed E-state index contributed by atoms with van der Waals surface area (Å²) in [5, 5.41) is 7.83. The highest BCUT2D eigenvalue weighted by Crippen LogP contribution is 2.44. The van der Waals surface area contributed by atoms with E-state index in [1.807, 2.05) is 48.5 Å². The maximum Gasteiger partial charge on any atom is 0.135 e. The van der Waals surface area contributed by atoms with Crippen molar-refractivity contribution in [2.24, 2.45) is 0 Å². The van der Waals surface area contributed by atoms with Crippen LogP contribution < -0.4 is 18.9 Å². The van der Waals surface area contributed by atoms with Crippen LogP contribution in [0.15, 0.2) is 97.1 Å². The fraction of sp³-hybridized carbons (Fsp3) is 0.417. The molecule has 0 aromatic heterocycles. The molecule has 0 aliphatic carbocycles. The Morgan fingerprint density at radius 1 is 0.183 bits per heavy atom. The van der Waals surface area contributed by atoms with E-state index in [9.17, 15) is 0 Å². The predicted octanol–water partition coefficient (Wildman–Crippen LogP) is 7.66. The second kappa shape index (κ2) is 24.5. The van der Waals surface area contributed by atoms with Gasteiger partial charge >= 0.3 is 0 Å². The summed E-state index contributed by atoms with van der Waals surface area (Å²) in [5.41, 5.74) is 0. The van der Waals surface area contributed by atoms with Crippen LogP contribution in [-0.2, 0) is 37.9 Å². The zero-order chi connectivity index (χ0) is 40.9. The lowest BCUT2D eigenvalue weighted by Gasteiger charge is -2.18. The first-order valence-electron chi connectivity index (χ1n) is 20.9. The lowest BCUT2D eigenvalue weighted by Crippen LogP contribution is -2.15. The summed E-state index contributed by atoms with van der Waals surface area (Å²) in [5.74, 6) is 3.23. The molecule has 0 unspecified atom stereocenters. The first-order valence-corrected chi connectivity index (χ1v) is 20.9. The van der Waals surface area contributed by atoms with Crippen molar-refractivity contribution in [3.8, 4) is 23.0 Å². The molecule has 0 fully saturated rings. The molecule has 0 radical (unpaired) electrons. The van der Waals surface area contributed by atoms with E-state index in [2.05, 4.69) is 48.5 Å². The third-order valence-electron chi connectivity index (χ3n) is 9.79. The Hall–Kier alpha value is -4.76. The smallest absolute Gasteiger partial charge is 0.135 e. The SMILES string of the molecule is c1ccc2c3c4ccccc4c(c2c1)OCCOCCOCCOCCOCCOc1c2ccccc2c(c2ccccc12)OCCOCCOCCOCCOCCO3. The van der Waals surface area contributed by atoms with Gasteiger partial charge in [-0.2, -0.15) is 0 Å². The second-order valence-corrected chi connectivity index (χ2v) is 13.8. The van der Waals surface area contributed by atoms with Crippen LogP contribution in [-0.4, -0.2) is 132 Å². The molecule has 4 bridgehead atoms. The zero-order valence-corrected chi connectivity index (χ0v) is 34.3. The van der Waals surface area contributed by atoms with Gasteiger partial charge in [0, 0.05) is 43.1 Å². The van der Waals surface area contributed by atoms with Crippen molar-refractivity contribution in [2.45, 2.75) is 0 Å². The monoisotopic (exact) mass is 824 g/mol. The van der Waals surface area contributed by atoms with Crippen molar-refractivity contribution >= 4 is 43.1 Å². The average Bonchev–Trinajstić information content (AvgIpc) is 3.29. The van der Waals surface area contributed by atoms with Crippen LogP contribution in [0.2, 0.25) is 0 Å². The van der Waals surface area contributed by atoms with E-state index in [4.69, 9.17) is 56.8 Å². The molecule has 6 aromatic carbocycles. The second-order valence-electron chi connectivity index (χ2n) is 13.8. The lowest BCUT2D eigenvalue weighted by atomic mass is 10.0. The van der Waals surface area contributed by atoms with Gasteiger partial charge in [0.25, 0.3) is 0 Å². The van der Waals surface area contributed by atoms with Crippen molar-refractivity contribution in [1.29, 1.82) is 0 Å². The van der Waals surface area contributed by atoms with Crippen LogP contribution >= 0.6 is 0 Å². The minimum absolute atomic E-state index is 0.396. The van der Waals surface area contributed by atoms with Crippen LogP contribution in [0.5, 0.6) is 23.0 Å². The fourth-order valence-electron chi connectivity index (χ4n) is 7.05. The Morgan fingerprint density at radius 2 is 0.317 bits per heavy atom. The third kappa shape index (κ3) is 12.2.